The van der Waals surface area contributed by atoms with Crippen molar-refractivity contribution in [2.45, 2.75) is 124 Å². The second-order valence-corrected chi connectivity index (χ2v) is 13.2. The molecule has 0 aromatic heterocycles. The first-order chi connectivity index (χ1) is 19.9. The first kappa shape index (κ1) is 36.4. The number of aliphatic hydroxyl groups excluding tert-OH is 1. The van der Waals surface area contributed by atoms with Gasteiger partial charge in [0.15, 0.2) is 5.60 Å². The Hall–Kier alpha value is -2.75. The van der Waals surface area contributed by atoms with Crippen molar-refractivity contribution < 1.29 is 33.6 Å². The van der Waals surface area contributed by atoms with Gasteiger partial charge >= 0.3 is 12.1 Å². The number of esters is 1. The molecular weight excluding hydrogens is 552 g/mol. The molecule has 8 atom stereocenters. The SMILES string of the molecule is C=C(C(C)[C@H]1N(CCCCN=[N+]=[N-])C(=O)O[C@]1(C)[C@H](O)CC)[C@H](C)C[C@@](C)(OC)[C@H](C)[C@@H](C)C1=C(C)C(=O)OC(C)(C)O1. The molecule has 2 aliphatic rings. The van der Waals surface area contributed by atoms with Gasteiger partial charge < -0.3 is 29.0 Å². The van der Waals surface area contributed by atoms with Gasteiger partial charge in [-0.3, -0.25) is 0 Å². The highest BCUT2D eigenvalue weighted by molar-refractivity contribution is 5.89. The number of aliphatic hydroxyl groups is 1. The lowest BCUT2D eigenvalue weighted by atomic mass is 9.70. The molecule has 0 aromatic rings. The third-order valence-corrected chi connectivity index (χ3v) is 9.85. The van der Waals surface area contributed by atoms with Crippen LogP contribution < -0.4 is 0 Å². The van der Waals surface area contributed by atoms with Crippen molar-refractivity contribution in [3.05, 3.63) is 33.9 Å². The molecule has 0 aromatic carbocycles. The van der Waals surface area contributed by atoms with E-state index in [1.165, 1.54) is 0 Å². The second-order valence-electron chi connectivity index (χ2n) is 13.2. The summed E-state index contributed by atoms with van der Waals surface area (Å²) in [7, 11) is 1.69. The third kappa shape index (κ3) is 7.86. The monoisotopic (exact) mass is 606 g/mol. The van der Waals surface area contributed by atoms with Gasteiger partial charge in [-0.2, -0.15) is 0 Å². The van der Waals surface area contributed by atoms with E-state index in [1.807, 2.05) is 20.8 Å². The molecular formula is C32H54N4O7. The van der Waals surface area contributed by atoms with Crippen LogP contribution >= 0.6 is 0 Å². The summed E-state index contributed by atoms with van der Waals surface area (Å²) in [6.07, 6.45) is 1.01. The zero-order valence-electron chi connectivity index (χ0n) is 28.1. The Morgan fingerprint density at radius 3 is 2.37 bits per heavy atom. The number of nitrogens with zero attached hydrogens (tertiary/aromatic N) is 4. The summed E-state index contributed by atoms with van der Waals surface area (Å²) in [5.41, 5.74) is 8.23. The number of azide groups is 1. The standard InChI is InChI=1S/C32H54N4O7/c1-13-25(37)32(11)27(36(29(39)43-32)17-15-14-16-34-35-33)21(4)20(3)19(2)18-31(10,40-12)24(7)22(5)26-23(6)28(38)42-30(8,9)41-26/h19,21-22,24-25,27,37H,3,13-18H2,1-2,4-12H3/t19-,21?,22-,24-,25-,27-,31-,32-/m1/s1. The van der Waals surface area contributed by atoms with Crippen molar-refractivity contribution in [3.63, 3.8) is 0 Å². The molecule has 0 bridgehead atoms. The summed E-state index contributed by atoms with van der Waals surface area (Å²) >= 11 is 0. The van der Waals surface area contributed by atoms with Gasteiger partial charge in [0.1, 0.15) is 5.76 Å². The van der Waals surface area contributed by atoms with Crippen LogP contribution in [0, 0.1) is 23.7 Å². The van der Waals surface area contributed by atoms with Crippen molar-refractivity contribution in [2.24, 2.45) is 28.8 Å². The summed E-state index contributed by atoms with van der Waals surface area (Å²) in [4.78, 5) is 30.2. The lowest BCUT2D eigenvalue weighted by molar-refractivity contribution is -0.213. The van der Waals surface area contributed by atoms with E-state index in [9.17, 15) is 14.7 Å². The highest BCUT2D eigenvalue weighted by Gasteiger charge is 2.57. The molecule has 1 N–H and O–H groups in total. The first-order valence-electron chi connectivity index (χ1n) is 15.5. The van der Waals surface area contributed by atoms with E-state index in [4.69, 9.17) is 24.5 Å². The smallest absolute Gasteiger partial charge is 0.410 e. The number of hydrogen-bond donors (Lipinski definition) is 1. The molecule has 1 amide bonds. The molecule has 11 heteroatoms. The van der Waals surface area contributed by atoms with E-state index < -0.39 is 35.2 Å². The molecule has 2 aliphatic heterocycles. The van der Waals surface area contributed by atoms with E-state index in [0.29, 0.717) is 50.1 Å². The molecule has 0 spiro atoms. The van der Waals surface area contributed by atoms with Gasteiger partial charge in [0.05, 0.1) is 23.3 Å². The van der Waals surface area contributed by atoms with Gasteiger partial charge in [0.2, 0.25) is 5.79 Å². The largest absolute Gasteiger partial charge is 0.456 e. The molecule has 0 saturated carbocycles. The average molecular weight is 607 g/mol. The number of ether oxygens (including phenoxy) is 4. The Kier molecular flexibility index (Phi) is 12.2. The van der Waals surface area contributed by atoms with Gasteiger partial charge in [-0.15, -0.1) is 0 Å². The molecule has 2 heterocycles. The van der Waals surface area contributed by atoms with E-state index in [-0.39, 0.29) is 29.6 Å². The average Bonchev–Trinajstić information content (AvgIpc) is 3.21. The summed E-state index contributed by atoms with van der Waals surface area (Å²) < 4.78 is 23.6. The number of rotatable bonds is 16. The summed E-state index contributed by atoms with van der Waals surface area (Å²) in [5, 5.41) is 14.6. The van der Waals surface area contributed by atoms with Gasteiger partial charge in [-0.05, 0) is 63.8 Å². The number of hydrogen-bond acceptors (Lipinski definition) is 8. The lowest BCUT2D eigenvalue weighted by Gasteiger charge is -2.44. The van der Waals surface area contributed by atoms with Gasteiger partial charge in [0, 0.05) is 50.8 Å². The Labute approximate surface area is 257 Å². The van der Waals surface area contributed by atoms with Crippen LogP contribution in [-0.2, 0) is 23.7 Å². The van der Waals surface area contributed by atoms with Crippen LogP contribution in [0.5, 0.6) is 0 Å². The number of unbranched alkanes of at least 4 members (excludes halogenated alkanes) is 1. The number of cyclic esters (lactones) is 2. The highest BCUT2D eigenvalue weighted by Crippen LogP contribution is 2.45. The van der Waals surface area contributed by atoms with Gasteiger partial charge in [0.25, 0.3) is 0 Å². The zero-order valence-corrected chi connectivity index (χ0v) is 28.1. The lowest BCUT2D eigenvalue weighted by Crippen LogP contribution is -2.55. The van der Waals surface area contributed by atoms with Gasteiger partial charge in [-0.1, -0.05) is 51.9 Å². The van der Waals surface area contributed by atoms with Crippen LogP contribution in [0.1, 0.15) is 94.9 Å². The van der Waals surface area contributed by atoms with Crippen molar-refractivity contribution in [3.8, 4) is 0 Å². The predicted molar refractivity (Wildman–Crippen MR) is 165 cm³/mol. The minimum Gasteiger partial charge on any atom is -0.456 e. The normalized spacial score (nSPS) is 26.7. The summed E-state index contributed by atoms with van der Waals surface area (Å²) in [6.45, 7) is 24.4. The molecule has 1 fully saturated rings. The van der Waals surface area contributed by atoms with Crippen LogP contribution in [-0.4, -0.2) is 71.4 Å². The topological polar surface area (TPSA) is 143 Å². The number of allylic oxidation sites excluding steroid dienone is 1. The van der Waals surface area contributed by atoms with Crippen LogP contribution in [0.25, 0.3) is 10.4 Å². The van der Waals surface area contributed by atoms with E-state index in [2.05, 4.69) is 37.4 Å². The molecule has 1 unspecified atom stereocenters. The maximum atomic E-state index is 13.1. The molecule has 244 valence electrons. The van der Waals surface area contributed by atoms with Crippen molar-refractivity contribution in [1.29, 1.82) is 0 Å². The Balaban J connectivity index is 2.31. The number of carbonyl (C=O) groups excluding carboxylic acids is 2. The van der Waals surface area contributed by atoms with Crippen molar-refractivity contribution >= 4 is 12.1 Å². The number of carbonyl (C=O) groups is 2. The molecule has 0 radical (unpaired) electrons. The fourth-order valence-electron chi connectivity index (χ4n) is 6.71. The quantitative estimate of drug-likeness (QED) is 0.0502. The zero-order chi connectivity index (χ0) is 32.9. The van der Waals surface area contributed by atoms with Crippen LogP contribution in [0.3, 0.4) is 0 Å². The Morgan fingerprint density at radius 2 is 1.81 bits per heavy atom. The van der Waals surface area contributed by atoms with Crippen LogP contribution in [0.4, 0.5) is 4.79 Å². The molecule has 2 rings (SSSR count). The molecule has 11 nitrogen and oxygen atoms in total. The fourth-order valence-corrected chi connectivity index (χ4v) is 6.71. The minimum absolute atomic E-state index is 0.0242. The summed E-state index contributed by atoms with van der Waals surface area (Å²) in [6, 6.07) is -0.439. The molecule has 43 heavy (non-hydrogen) atoms. The number of methoxy groups -OCH3 is 1. The Bertz CT molecular complexity index is 1120. The van der Waals surface area contributed by atoms with E-state index >= 15 is 0 Å². The van der Waals surface area contributed by atoms with Crippen molar-refractivity contribution in [1.82, 2.24) is 4.90 Å². The molecule has 1 saturated heterocycles. The maximum Gasteiger partial charge on any atom is 0.410 e. The summed E-state index contributed by atoms with van der Waals surface area (Å²) in [5.74, 6) is -1.24. The predicted octanol–water partition coefficient (Wildman–Crippen LogP) is 6.91. The van der Waals surface area contributed by atoms with E-state index in [1.54, 1.807) is 39.7 Å². The highest BCUT2D eigenvalue weighted by atomic mass is 16.7. The van der Waals surface area contributed by atoms with E-state index in [0.717, 1.165) is 5.57 Å². The van der Waals surface area contributed by atoms with Crippen LogP contribution in [0.2, 0.25) is 0 Å². The molecule has 0 aliphatic carbocycles. The first-order valence-corrected chi connectivity index (χ1v) is 15.5. The Morgan fingerprint density at radius 1 is 1.19 bits per heavy atom. The second kappa shape index (κ2) is 14.4. The van der Waals surface area contributed by atoms with Crippen molar-refractivity contribution in [2.75, 3.05) is 20.2 Å². The maximum absolute atomic E-state index is 13.1. The minimum atomic E-state index is -1.12. The number of amides is 1. The van der Waals surface area contributed by atoms with Gasteiger partial charge in [-0.25, -0.2) is 9.59 Å². The fraction of sp³-hybridized carbons (Fsp3) is 0.812. The third-order valence-electron chi connectivity index (χ3n) is 9.85. The van der Waals surface area contributed by atoms with Crippen LogP contribution in [0.15, 0.2) is 28.6 Å².